The Kier molecular flexibility index (Phi) is 6.50. The van der Waals surface area contributed by atoms with E-state index in [2.05, 4.69) is 110 Å². The van der Waals surface area contributed by atoms with Gasteiger partial charge in [-0.05, 0) is 53.9 Å². The minimum absolute atomic E-state index is 0.913. The third-order valence-corrected chi connectivity index (χ3v) is 10.1. The molecule has 0 N–H and O–H groups in total. The van der Waals surface area contributed by atoms with Crippen molar-refractivity contribution in [3.63, 3.8) is 0 Å². The highest BCUT2D eigenvalue weighted by Crippen LogP contribution is 2.24. The lowest BCUT2D eigenvalue weighted by Gasteiger charge is -2.21. The van der Waals surface area contributed by atoms with Gasteiger partial charge in [-0.3, -0.25) is 9.97 Å². The lowest BCUT2D eigenvalue weighted by molar-refractivity contribution is 1.19. The number of hydrogen-bond donors (Lipinski definition) is 0. The standard InChI is InChI=1S/C29H34N2Si2/c1-32(2,3)26-18-22(16-24(20-26)28-11-7-9-13-30-28)15-23-17-25(29-12-8-10-14-31-29)21-27(19-23)33(4,5)6/h7-14,16-21H,15H2,1-6H3. The first-order valence-electron chi connectivity index (χ1n) is 11.7. The summed E-state index contributed by atoms with van der Waals surface area (Å²) in [5.41, 5.74) is 7.24. The Bertz CT molecular complexity index is 1140. The molecule has 0 fully saturated rings. The van der Waals surface area contributed by atoms with Crippen LogP contribution < -0.4 is 10.4 Å². The molecule has 0 bridgehead atoms. The first kappa shape index (κ1) is 23.3. The van der Waals surface area contributed by atoms with Crippen molar-refractivity contribution >= 4 is 26.5 Å². The largest absolute Gasteiger partial charge is 0.256 e. The van der Waals surface area contributed by atoms with Gasteiger partial charge in [-0.25, -0.2) is 0 Å². The first-order valence-corrected chi connectivity index (χ1v) is 18.7. The van der Waals surface area contributed by atoms with Crippen molar-refractivity contribution < 1.29 is 0 Å². The third kappa shape index (κ3) is 5.76. The van der Waals surface area contributed by atoms with Crippen LogP contribution in [0.2, 0.25) is 39.3 Å². The highest BCUT2D eigenvalue weighted by Gasteiger charge is 2.20. The maximum Gasteiger partial charge on any atom is 0.0776 e. The van der Waals surface area contributed by atoms with E-state index >= 15 is 0 Å². The van der Waals surface area contributed by atoms with Gasteiger partial charge in [0.05, 0.1) is 27.5 Å². The molecular weight excluding hydrogens is 433 g/mol. The second-order valence-corrected chi connectivity index (χ2v) is 21.1. The molecule has 0 aliphatic rings. The Balaban J connectivity index is 1.81. The summed E-state index contributed by atoms with van der Waals surface area (Å²) in [7, 11) is -2.96. The minimum Gasteiger partial charge on any atom is -0.256 e. The fraction of sp³-hybridized carbons (Fsp3) is 0.241. The minimum atomic E-state index is -1.48. The van der Waals surface area contributed by atoms with E-state index in [4.69, 9.17) is 0 Å². The zero-order valence-electron chi connectivity index (χ0n) is 20.7. The Labute approximate surface area is 200 Å². The number of pyridine rings is 2. The fourth-order valence-corrected chi connectivity index (χ4v) is 6.47. The molecule has 0 amide bonds. The van der Waals surface area contributed by atoms with Crippen molar-refractivity contribution in [3.05, 3.63) is 96.3 Å². The van der Waals surface area contributed by atoms with Crippen molar-refractivity contribution in [3.8, 4) is 22.5 Å². The van der Waals surface area contributed by atoms with Crippen LogP contribution in [0.5, 0.6) is 0 Å². The average Bonchev–Trinajstić information content (AvgIpc) is 2.79. The molecule has 33 heavy (non-hydrogen) atoms. The van der Waals surface area contributed by atoms with Gasteiger partial charge in [-0.2, -0.15) is 0 Å². The van der Waals surface area contributed by atoms with Crippen LogP contribution in [-0.2, 0) is 6.42 Å². The monoisotopic (exact) mass is 466 g/mol. The van der Waals surface area contributed by atoms with Gasteiger partial charge in [0.25, 0.3) is 0 Å². The normalized spacial score (nSPS) is 12.1. The topological polar surface area (TPSA) is 25.8 Å². The van der Waals surface area contributed by atoms with Gasteiger partial charge in [-0.15, -0.1) is 0 Å². The van der Waals surface area contributed by atoms with Gasteiger partial charge in [0.2, 0.25) is 0 Å². The maximum absolute atomic E-state index is 4.63. The van der Waals surface area contributed by atoms with Crippen LogP contribution in [0.3, 0.4) is 0 Å². The number of benzene rings is 2. The second-order valence-electron chi connectivity index (χ2n) is 10.9. The summed E-state index contributed by atoms with van der Waals surface area (Å²) in [6.07, 6.45) is 4.68. The number of aromatic nitrogens is 2. The van der Waals surface area contributed by atoms with Crippen molar-refractivity contribution in [2.45, 2.75) is 45.7 Å². The van der Waals surface area contributed by atoms with Crippen molar-refractivity contribution in [2.75, 3.05) is 0 Å². The van der Waals surface area contributed by atoms with Gasteiger partial charge in [0.15, 0.2) is 0 Å². The molecule has 0 saturated carbocycles. The molecule has 2 aromatic heterocycles. The van der Waals surface area contributed by atoms with Crippen molar-refractivity contribution in [1.82, 2.24) is 9.97 Å². The van der Waals surface area contributed by atoms with Gasteiger partial charge < -0.3 is 0 Å². The van der Waals surface area contributed by atoms with Gasteiger partial charge >= 0.3 is 0 Å². The lowest BCUT2D eigenvalue weighted by Crippen LogP contribution is -2.38. The zero-order valence-corrected chi connectivity index (χ0v) is 22.7. The highest BCUT2D eigenvalue weighted by atomic mass is 28.3. The zero-order chi connectivity index (χ0) is 23.6. The van der Waals surface area contributed by atoms with E-state index in [0.29, 0.717) is 0 Å². The molecule has 4 aromatic rings. The predicted molar refractivity (Wildman–Crippen MR) is 148 cm³/mol. The summed E-state index contributed by atoms with van der Waals surface area (Å²) < 4.78 is 0. The number of nitrogens with zero attached hydrogens (tertiary/aromatic N) is 2. The van der Waals surface area contributed by atoms with E-state index in [1.165, 1.54) is 32.6 Å². The maximum atomic E-state index is 4.63. The smallest absolute Gasteiger partial charge is 0.0776 e. The molecule has 2 nitrogen and oxygen atoms in total. The fourth-order valence-electron chi connectivity index (χ4n) is 4.05. The summed E-state index contributed by atoms with van der Waals surface area (Å²) in [6, 6.07) is 26.5. The molecule has 0 radical (unpaired) electrons. The molecule has 0 saturated heterocycles. The number of rotatable bonds is 6. The van der Waals surface area contributed by atoms with Crippen LogP contribution in [0.4, 0.5) is 0 Å². The highest BCUT2D eigenvalue weighted by molar-refractivity contribution is 6.89. The second kappa shape index (κ2) is 9.20. The van der Waals surface area contributed by atoms with E-state index in [9.17, 15) is 0 Å². The molecule has 4 heteroatoms. The Morgan fingerprint density at radius 1 is 0.545 bits per heavy atom. The molecule has 0 spiro atoms. The predicted octanol–water partition coefficient (Wildman–Crippen LogP) is 6.49. The summed E-state index contributed by atoms with van der Waals surface area (Å²) in [5, 5.41) is 2.96. The number of hydrogen-bond acceptors (Lipinski definition) is 2. The Morgan fingerprint density at radius 2 is 0.970 bits per heavy atom. The van der Waals surface area contributed by atoms with Gasteiger partial charge in [0, 0.05) is 23.5 Å². The van der Waals surface area contributed by atoms with Crippen molar-refractivity contribution in [1.29, 1.82) is 0 Å². The molecule has 0 aliphatic carbocycles. The van der Waals surface area contributed by atoms with E-state index in [0.717, 1.165) is 17.8 Å². The molecule has 0 unspecified atom stereocenters. The van der Waals surface area contributed by atoms with Crippen LogP contribution in [0.25, 0.3) is 22.5 Å². The summed E-state index contributed by atoms with van der Waals surface area (Å²) in [5.74, 6) is 0. The van der Waals surface area contributed by atoms with E-state index in [1.807, 2.05) is 24.5 Å². The SMILES string of the molecule is C[Si](C)(C)c1cc(Cc2cc(-c3ccccn3)cc([Si](C)(C)C)c2)cc(-c2ccccn2)c1. The summed E-state index contributed by atoms with van der Waals surface area (Å²) in [4.78, 5) is 9.27. The molecule has 168 valence electrons. The van der Waals surface area contributed by atoms with Crippen molar-refractivity contribution in [2.24, 2.45) is 0 Å². The quantitative estimate of drug-likeness (QED) is 0.303. The third-order valence-electron chi connectivity index (χ3n) is 6.05. The van der Waals surface area contributed by atoms with E-state index < -0.39 is 16.1 Å². The summed E-state index contributed by atoms with van der Waals surface area (Å²) in [6.45, 7) is 14.5. The molecule has 2 aromatic carbocycles. The van der Waals surface area contributed by atoms with Gasteiger partial charge in [-0.1, -0.05) is 86.1 Å². The summed E-state index contributed by atoms with van der Waals surface area (Å²) >= 11 is 0. The lowest BCUT2D eigenvalue weighted by atomic mass is 9.99. The molecule has 2 heterocycles. The van der Waals surface area contributed by atoms with Crippen LogP contribution in [0.1, 0.15) is 11.1 Å². The Hall–Kier alpha value is -2.83. The molecule has 4 rings (SSSR count). The van der Waals surface area contributed by atoms with E-state index in [-0.39, 0.29) is 0 Å². The first-order chi connectivity index (χ1) is 15.6. The van der Waals surface area contributed by atoms with Gasteiger partial charge in [0.1, 0.15) is 0 Å². The average molecular weight is 467 g/mol. The van der Waals surface area contributed by atoms with Crippen LogP contribution >= 0.6 is 0 Å². The van der Waals surface area contributed by atoms with E-state index in [1.54, 1.807) is 0 Å². The molecular formula is C29H34N2Si2. The molecule has 0 aliphatic heterocycles. The van der Waals surface area contributed by atoms with Crippen LogP contribution in [0.15, 0.2) is 85.2 Å². The van der Waals surface area contributed by atoms with Crippen LogP contribution in [-0.4, -0.2) is 26.1 Å². The van der Waals surface area contributed by atoms with Crippen LogP contribution in [0, 0.1) is 0 Å². The Morgan fingerprint density at radius 3 is 1.30 bits per heavy atom. The molecule has 0 atom stereocenters.